The molecule has 1 amide bonds. The molecule has 1 N–H and O–H groups in total. The Morgan fingerprint density at radius 1 is 1.45 bits per heavy atom. The van der Waals surface area contributed by atoms with E-state index in [0.29, 0.717) is 12.3 Å². The van der Waals surface area contributed by atoms with Crippen molar-refractivity contribution in [3.05, 3.63) is 28.2 Å². The minimum absolute atomic E-state index is 0.0195. The van der Waals surface area contributed by atoms with Gasteiger partial charge in [-0.2, -0.15) is 0 Å². The van der Waals surface area contributed by atoms with Crippen molar-refractivity contribution in [3.63, 3.8) is 0 Å². The number of hydrogen-bond donors (Lipinski definition) is 1. The molecule has 1 aliphatic carbocycles. The standard InChI is InChI=1S/C16H22BrNO2/c1-11(13-7-8-15(20-2)14(17)10-13)18-16(19)9-12-5-3-4-6-12/h7-8,10-12H,3-6,9H2,1-2H3,(H,18,19). The summed E-state index contributed by atoms with van der Waals surface area (Å²) >= 11 is 3.48. The maximum atomic E-state index is 12.0. The van der Waals surface area contributed by atoms with Crippen LogP contribution in [0.25, 0.3) is 0 Å². The maximum Gasteiger partial charge on any atom is 0.220 e. The van der Waals surface area contributed by atoms with Gasteiger partial charge in [-0.05, 0) is 59.3 Å². The van der Waals surface area contributed by atoms with E-state index in [2.05, 4.69) is 21.2 Å². The van der Waals surface area contributed by atoms with Gasteiger partial charge in [-0.15, -0.1) is 0 Å². The van der Waals surface area contributed by atoms with E-state index in [-0.39, 0.29) is 11.9 Å². The van der Waals surface area contributed by atoms with E-state index in [1.54, 1.807) is 7.11 Å². The van der Waals surface area contributed by atoms with E-state index in [4.69, 9.17) is 4.74 Å². The highest BCUT2D eigenvalue weighted by Gasteiger charge is 2.19. The molecule has 0 radical (unpaired) electrons. The monoisotopic (exact) mass is 339 g/mol. The number of carbonyl (C=O) groups excluding carboxylic acids is 1. The molecule has 0 heterocycles. The number of amides is 1. The summed E-state index contributed by atoms with van der Waals surface area (Å²) in [6.07, 6.45) is 5.63. The summed E-state index contributed by atoms with van der Waals surface area (Å²) in [5.74, 6) is 1.55. The molecular weight excluding hydrogens is 318 g/mol. The Kier molecular flexibility index (Phi) is 5.46. The lowest BCUT2D eigenvalue weighted by atomic mass is 10.0. The van der Waals surface area contributed by atoms with Crippen LogP contribution < -0.4 is 10.1 Å². The fourth-order valence-corrected chi connectivity index (χ4v) is 3.37. The summed E-state index contributed by atoms with van der Waals surface area (Å²) in [5.41, 5.74) is 1.08. The molecule has 1 atom stereocenters. The molecule has 0 saturated heterocycles. The predicted octanol–water partition coefficient (Wildman–Crippen LogP) is 4.22. The normalized spacial score (nSPS) is 16.9. The van der Waals surface area contributed by atoms with Gasteiger partial charge in [-0.1, -0.05) is 18.9 Å². The lowest BCUT2D eigenvalue weighted by Gasteiger charge is -2.17. The lowest BCUT2D eigenvalue weighted by Crippen LogP contribution is -2.28. The van der Waals surface area contributed by atoms with Crippen molar-refractivity contribution in [2.24, 2.45) is 5.92 Å². The third-order valence-corrected chi connectivity index (χ3v) is 4.62. The van der Waals surface area contributed by atoms with E-state index in [1.165, 1.54) is 25.7 Å². The maximum absolute atomic E-state index is 12.0. The number of rotatable bonds is 5. The molecule has 1 saturated carbocycles. The Hall–Kier alpha value is -1.03. The molecule has 1 fully saturated rings. The second kappa shape index (κ2) is 7.11. The van der Waals surface area contributed by atoms with Crippen LogP contribution in [0.3, 0.4) is 0 Å². The van der Waals surface area contributed by atoms with Crippen LogP contribution in [0.2, 0.25) is 0 Å². The number of ether oxygens (including phenoxy) is 1. The summed E-state index contributed by atoms with van der Waals surface area (Å²) in [6, 6.07) is 5.92. The summed E-state index contributed by atoms with van der Waals surface area (Å²) in [7, 11) is 1.65. The Morgan fingerprint density at radius 2 is 2.15 bits per heavy atom. The molecular formula is C16H22BrNO2. The molecule has 0 bridgehead atoms. The first-order valence-electron chi connectivity index (χ1n) is 7.23. The highest BCUT2D eigenvalue weighted by Crippen LogP contribution is 2.29. The quantitative estimate of drug-likeness (QED) is 0.872. The molecule has 1 unspecified atom stereocenters. The van der Waals surface area contributed by atoms with Gasteiger partial charge in [0.05, 0.1) is 17.6 Å². The van der Waals surface area contributed by atoms with Crippen molar-refractivity contribution < 1.29 is 9.53 Å². The van der Waals surface area contributed by atoms with Crippen molar-refractivity contribution in [2.75, 3.05) is 7.11 Å². The van der Waals surface area contributed by atoms with Crippen LogP contribution in [0, 0.1) is 5.92 Å². The molecule has 2 rings (SSSR count). The van der Waals surface area contributed by atoms with Gasteiger partial charge in [0, 0.05) is 6.42 Å². The first-order chi connectivity index (χ1) is 9.60. The topological polar surface area (TPSA) is 38.3 Å². The zero-order valence-electron chi connectivity index (χ0n) is 12.1. The number of benzene rings is 1. The highest BCUT2D eigenvalue weighted by molar-refractivity contribution is 9.10. The van der Waals surface area contributed by atoms with Crippen LogP contribution in [-0.4, -0.2) is 13.0 Å². The minimum atomic E-state index is 0.0195. The first kappa shape index (κ1) is 15.4. The fourth-order valence-electron chi connectivity index (χ4n) is 2.81. The second-order valence-corrected chi connectivity index (χ2v) is 6.39. The molecule has 3 nitrogen and oxygen atoms in total. The van der Waals surface area contributed by atoms with Gasteiger partial charge in [-0.25, -0.2) is 0 Å². The summed E-state index contributed by atoms with van der Waals surface area (Å²) < 4.78 is 6.13. The molecule has 1 aromatic carbocycles. The van der Waals surface area contributed by atoms with Crippen LogP contribution in [0.4, 0.5) is 0 Å². The van der Waals surface area contributed by atoms with Gasteiger partial charge < -0.3 is 10.1 Å². The molecule has 0 spiro atoms. The van der Waals surface area contributed by atoms with Crippen molar-refractivity contribution >= 4 is 21.8 Å². The van der Waals surface area contributed by atoms with Crippen molar-refractivity contribution in [1.29, 1.82) is 0 Å². The average Bonchev–Trinajstić information content (AvgIpc) is 2.91. The number of hydrogen-bond acceptors (Lipinski definition) is 2. The van der Waals surface area contributed by atoms with Crippen LogP contribution in [0.5, 0.6) is 5.75 Å². The molecule has 0 aromatic heterocycles. The summed E-state index contributed by atoms with van der Waals surface area (Å²) in [4.78, 5) is 12.0. The van der Waals surface area contributed by atoms with E-state index < -0.39 is 0 Å². The molecule has 110 valence electrons. The van der Waals surface area contributed by atoms with E-state index in [1.807, 2.05) is 25.1 Å². The van der Waals surface area contributed by atoms with Crippen LogP contribution in [0.1, 0.15) is 50.6 Å². The molecule has 4 heteroatoms. The number of halogens is 1. The Morgan fingerprint density at radius 3 is 2.75 bits per heavy atom. The SMILES string of the molecule is COc1ccc(C(C)NC(=O)CC2CCCC2)cc1Br. The van der Waals surface area contributed by atoms with Gasteiger partial charge in [0.2, 0.25) is 5.91 Å². The molecule has 1 aliphatic rings. The summed E-state index contributed by atoms with van der Waals surface area (Å²) in [6.45, 7) is 2.01. The van der Waals surface area contributed by atoms with Gasteiger partial charge >= 0.3 is 0 Å². The van der Waals surface area contributed by atoms with Gasteiger partial charge in [0.25, 0.3) is 0 Å². The first-order valence-corrected chi connectivity index (χ1v) is 8.02. The third-order valence-electron chi connectivity index (χ3n) is 4.00. The zero-order chi connectivity index (χ0) is 14.5. The van der Waals surface area contributed by atoms with Crippen molar-refractivity contribution in [2.45, 2.75) is 45.1 Å². The Bertz CT molecular complexity index is 470. The van der Waals surface area contributed by atoms with E-state index >= 15 is 0 Å². The van der Waals surface area contributed by atoms with Gasteiger partial charge in [0.1, 0.15) is 5.75 Å². The van der Waals surface area contributed by atoms with Crippen molar-refractivity contribution in [3.8, 4) is 5.75 Å². The Labute approximate surface area is 129 Å². The minimum Gasteiger partial charge on any atom is -0.496 e. The highest BCUT2D eigenvalue weighted by atomic mass is 79.9. The third kappa shape index (κ3) is 3.98. The van der Waals surface area contributed by atoms with Gasteiger partial charge in [-0.3, -0.25) is 4.79 Å². The predicted molar refractivity (Wildman–Crippen MR) is 83.8 cm³/mol. The smallest absolute Gasteiger partial charge is 0.220 e. The zero-order valence-corrected chi connectivity index (χ0v) is 13.7. The molecule has 0 aliphatic heterocycles. The van der Waals surface area contributed by atoms with Crippen LogP contribution in [0.15, 0.2) is 22.7 Å². The van der Waals surface area contributed by atoms with E-state index in [9.17, 15) is 4.79 Å². The number of nitrogens with one attached hydrogen (secondary N) is 1. The second-order valence-electron chi connectivity index (χ2n) is 5.54. The average molecular weight is 340 g/mol. The van der Waals surface area contributed by atoms with Gasteiger partial charge in [0.15, 0.2) is 0 Å². The van der Waals surface area contributed by atoms with Crippen LogP contribution >= 0.6 is 15.9 Å². The Balaban J connectivity index is 1.91. The molecule has 20 heavy (non-hydrogen) atoms. The van der Waals surface area contributed by atoms with Crippen LogP contribution in [-0.2, 0) is 4.79 Å². The van der Waals surface area contributed by atoms with E-state index in [0.717, 1.165) is 15.8 Å². The lowest BCUT2D eigenvalue weighted by molar-refractivity contribution is -0.122. The number of carbonyl (C=O) groups is 1. The largest absolute Gasteiger partial charge is 0.496 e. The van der Waals surface area contributed by atoms with Crippen molar-refractivity contribution in [1.82, 2.24) is 5.32 Å². The fraction of sp³-hybridized carbons (Fsp3) is 0.562. The molecule has 1 aromatic rings. The number of methoxy groups -OCH3 is 1. The summed E-state index contributed by atoms with van der Waals surface area (Å²) in [5, 5.41) is 3.09.